The Labute approximate surface area is 118 Å². The third kappa shape index (κ3) is 3.14. The fourth-order valence-electron chi connectivity index (χ4n) is 2.16. The Bertz CT molecular complexity index is 551. The highest BCUT2D eigenvalue weighted by Crippen LogP contribution is 2.26. The van der Waals surface area contributed by atoms with Gasteiger partial charge in [0, 0.05) is 0 Å². The Morgan fingerprint density at radius 3 is 2.26 bits per heavy atom. The van der Waals surface area contributed by atoms with Gasteiger partial charge in [0.05, 0.1) is 11.1 Å². The predicted molar refractivity (Wildman–Crippen MR) is 78.1 cm³/mol. The molecule has 2 aromatic carbocycles. The van der Waals surface area contributed by atoms with E-state index >= 15 is 0 Å². The van der Waals surface area contributed by atoms with Gasteiger partial charge in [-0.1, -0.05) is 48.9 Å². The number of nitrogens with one attached hydrogen (secondary N) is 1. The molecule has 2 aromatic rings. The molecular formula is C16H17ClFN. The highest BCUT2D eigenvalue weighted by molar-refractivity contribution is 6.30. The smallest absolute Gasteiger partial charge is 0.141 e. The lowest BCUT2D eigenvalue weighted by atomic mass is 9.97. The summed E-state index contributed by atoms with van der Waals surface area (Å²) in [5, 5.41) is 3.39. The summed E-state index contributed by atoms with van der Waals surface area (Å²) in [7, 11) is 1.88. The molecule has 2 rings (SSSR count). The maximum atomic E-state index is 13.2. The van der Waals surface area contributed by atoms with Crippen LogP contribution in [-0.4, -0.2) is 7.05 Å². The molecule has 0 aliphatic carbocycles. The molecule has 0 spiro atoms. The molecule has 0 aliphatic rings. The minimum Gasteiger partial charge on any atom is -0.309 e. The zero-order chi connectivity index (χ0) is 13.8. The average Bonchev–Trinajstić information content (AvgIpc) is 2.44. The molecule has 0 aromatic heterocycles. The summed E-state index contributed by atoms with van der Waals surface area (Å²) in [5.74, 6) is -0.387. The van der Waals surface area contributed by atoms with Gasteiger partial charge in [-0.2, -0.15) is 0 Å². The molecule has 19 heavy (non-hydrogen) atoms. The monoisotopic (exact) mass is 277 g/mol. The van der Waals surface area contributed by atoms with E-state index in [1.54, 1.807) is 12.1 Å². The van der Waals surface area contributed by atoms with E-state index in [2.05, 4.69) is 36.5 Å². The summed E-state index contributed by atoms with van der Waals surface area (Å²) >= 11 is 5.85. The van der Waals surface area contributed by atoms with E-state index in [4.69, 9.17) is 11.6 Å². The molecule has 0 heterocycles. The van der Waals surface area contributed by atoms with Gasteiger partial charge in [-0.15, -0.1) is 0 Å². The van der Waals surface area contributed by atoms with Crippen LogP contribution in [0.1, 0.15) is 29.7 Å². The van der Waals surface area contributed by atoms with Crippen molar-refractivity contribution in [2.45, 2.75) is 19.4 Å². The predicted octanol–water partition coefficient (Wildman–Crippen LogP) is 4.35. The second-order valence-corrected chi connectivity index (χ2v) is 4.90. The van der Waals surface area contributed by atoms with E-state index in [9.17, 15) is 4.39 Å². The first kappa shape index (κ1) is 14.0. The van der Waals surface area contributed by atoms with E-state index in [1.165, 1.54) is 11.6 Å². The van der Waals surface area contributed by atoms with Gasteiger partial charge in [0.1, 0.15) is 5.82 Å². The lowest BCUT2D eigenvalue weighted by molar-refractivity contribution is 0.624. The van der Waals surface area contributed by atoms with Crippen LogP contribution in [0.4, 0.5) is 4.39 Å². The molecule has 0 radical (unpaired) electrons. The first-order chi connectivity index (χ1) is 9.15. The zero-order valence-electron chi connectivity index (χ0n) is 11.1. The third-order valence-electron chi connectivity index (χ3n) is 3.29. The van der Waals surface area contributed by atoms with Crippen LogP contribution in [0.3, 0.4) is 0 Å². The second-order valence-electron chi connectivity index (χ2n) is 4.49. The van der Waals surface area contributed by atoms with Crippen molar-refractivity contribution >= 4 is 11.6 Å². The molecule has 100 valence electrons. The second kappa shape index (κ2) is 6.18. The van der Waals surface area contributed by atoms with Crippen molar-refractivity contribution in [1.29, 1.82) is 0 Å². The number of halogens is 2. The SMILES string of the molecule is CCc1ccc(C(NC)c2ccc(F)c(Cl)c2)cc1. The number of aryl methyl sites for hydroxylation is 1. The fraction of sp³-hybridized carbons (Fsp3) is 0.250. The Hall–Kier alpha value is -1.38. The molecule has 3 heteroatoms. The average molecular weight is 278 g/mol. The van der Waals surface area contributed by atoms with Crippen molar-refractivity contribution in [2.75, 3.05) is 7.05 Å². The first-order valence-electron chi connectivity index (χ1n) is 6.36. The van der Waals surface area contributed by atoms with Crippen molar-refractivity contribution in [3.05, 3.63) is 70.0 Å². The van der Waals surface area contributed by atoms with Crippen LogP contribution < -0.4 is 5.32 Å². The van der Waals surface area contributed by atoms with Crippen molar-refractivity contribution in [1.82, 2.24) is 5.32 Å². The van der Waals surface area contributed by atoms with Gasteiger partial charge in [0.25, 0.3) is 0 Å². The maximum Gasteiger partial charge on any atom is 0.141 e. The largest absolute Gasteiger partial charge is 0.309 e. The standard InChI is InChI=1S/C16H17ClFN/c1-3-11-4-6-12(7-5-11)16(19-2)13-8-9-15(18)14(17)10-13/h4-10,16,19H,3H2,1-2H3. The van der Waals surface area contributed by atoms with E-state index in [0.717, 1.165) is 17.5 Å². The van der Waals surface area contributed by atoms with Gasteiger partial charge < -0.3 is 5.32 Å². The Morgan fingerprint density at radius 1 is 1.11 bits per heavy atom. The molecule has 0 aliphatic heterocycles. The Morgan fingerprint density at radius 2 is 1.74 bits per heavy atom. The maximum absolute atomic E-state index is 13.2. The Balaban J connectivity index is 2.34. The fourth-order valence-corrected chi connectivity index (χ4v) is 2.35. The van der Waals surface area contributed by atoms with Crippen molar-refractivity contribution < 1.29 is 4.39 Å². The summed E-state index contributed by atoms with van der Waals surface area (Å²) in [5.41, 5.74) is 3.40. The minimum absolute atomic E-state index is 0.0176. The number of rotatable bonds is 4. The van der Waals surface area contributed by atoms with Crippen LogP contribution in [0.2, 0.25) is 5.02 Å². The minimum atomic E-state index is -0.387. The van der Waals surface area contributed by atoms with Crippen LogP contribution in [0, 0.1) is 5.82 Å². The lowest BCUT2D eigenvalue weighted by Gasteiger charge is -2.18. The third-order valence-corrected chi connectivity index (χ3v) is 3.58. The summed E-state index contributed by atoms with van der Waals surface area (Å²) in [6.45, 7) is 2.13. The van der Waals surface area contributed by atoms with E-state index in [-0.39, 0.29) is 16.9 Å². The Kier molecular flexibility index (Phi) is 4.56. The summed E-state index contributed by atoms with van der Waals surface area (Å²) in [4.78, 5) is 0. The highest BCUT2D eigenvalue weighted by atomic mass is 35.5. The quantitative estimate of drug-likeness (QED) is 0.876. The van der Waals surface area contributed by atoms with E-state index in [0.29, 0.717) is 0 Å². The highest BCUT2D eigenvalue weighted by Gasteiger charge is 2.13. The van der Waals surface area contributed by atoms with Crippen LogP contribution in [0.5, 0.6) is 0 Å². The topological polar surface area (TPSA) is 12.0 Å². The molecule has 0 saturated heterocycles. The van der Waals surface area contributed by atoms with Crippen LogP contribution >= 0.6 is 11.6 Å². The summed E-state index contributed by atoms with van der Waals surface area (Å²) in [6.07, 6.45) is 1.02. The van der Waals surface area contributed by atoms with Crippen molar-refractivity contribution in [2.24, 2.45) is 0 Å². The van der Waals surface area contributed by atoms with Gasteiger partial charge in [-0.3, -0.25) is 0 Å². The van der Waals surface area contributed by atoms with Crippen molar-refractivity contribution in [3.63, 3.8) is 0 Å². The molecule has 1 nitrogen and oxygen atoms in total. The molecule has 0 bridgehead atoms. The van der Waals surface area contributed by atoms with E-state index in [1.807, 2.05) is 7.05 Å². The van der Waals surface area contributed by atoms with Crippen LogP contribution in [-0.2, 0) is 6.42 Å². The molecule has 1 unspecified atom stereocenters. The van der Waals surface area contributed by atoms with Gasteiger partial charge >= 0.3 is 0 Å². The molecule has 0 saturated carbocycles. The van der Waals surface area contributed by atoms with Gasteiger partial charge in [0.2, 0.25) is 0 Å². The van der Waals surface area contributed by atoms with Gasteiger partial charge in [-0.25, -0.2) is 4.39 Å². The van der Waals surface area contributed by atoms with Crippen LogP contribution in [0.15, 0.2) is 42.5 Å². The number of hydrogen-bond donors (Lipinski definition) is 1. The summed E-state index contributed by atoms with van der Waals surface area (Å²) < 4.78 is 13.2. The van der Waals surface area contributed by atoms with Crippen LogP contribution in [0.25, 0.3) is 0 Å². The molecule has 1 atom stereocenters. The normalized spacial score (nSPS) is 12.4. The number of benzene rings is 2. The molecule has 1 N–H and O–H groups in total. The zero-order valence-corrected chi connectivity index (χ0v) is 11.8. The van der Waals surface area contributed by atoms with E-state index < -0.39 is 0 Å². The first-order valence-corrected chi connectivity index (χ1v) is 6.74. The molecule has 0 fully saturated rings. The van der Waals surface area contributed by atoms with Crippen molar-refractivity contribution in [3.8, 4) is 0 Å². The van der Waals surface area contributed by atoms with Gasteiger partial charge in [-0.05, 0) is 42.3 Å². The lowest BCUT2D eigenvalue weighted by Crippen LogP contribution is -2.17. The summed E-state index contributed by atoms with van der Waals surface area (Å²) in [6, 6.07) is 13.3. The molecular weight excluding hydrogens is 261 g/mol. The number of hydrogen-bond acceptors (Lipinski definition) is 1. The molecule has 0 amide bonds. The van der Waals surface area contributed by atoms with Gasteiger partial charge in [0.15, 0.2) is 0 Å².